The van der Waals surface area contributed by atoms with Crippen molar-refractivity contribution in [1.82, 2.24) is 5.32 Å². The molecule has 0 unspecified atom stereocenters. The molecular weight excluding hydrogens is 241 g/mol. The number of ether oxygens (including phenoxy) is 1. The van der Waals surface area contributed by atoms with Crippen LogP contribution in [-0.2, 0) is 0 Å². The fourth-order valence-electron chi connectivity index (χ4n) is 1.26. The zero-order valence-electron chi connectivity index (χ0n) is 9.81. The van der Waals surface area contributed by atoms with E-state index in [4.69, 9.17) is 15.7 Å². The van der Waals surface area contributed by atoms with Crippen LogP contribution < -0.4 is 15.8 Å². The maximum atomic E-state index is 13.5. The average molecular weight is 255 g/mol. The average Bonchev–Trinajstić information content (AvgIpc) is 2.37. The van der Waals surface area contributed by atoms with Crippen LogP contribution in [0.2, 0.25) is 0 Å². The Bertz CT molecular complexity index is 463. The summed E-state index contributed by atoms with van der Waals surface area (Å²) in [6.07, 6.45) is 0.181. The standard InChI is InChI=1S/C11H14FN3O3/c1-18-7-2-3-8(9(12)6-7)11(16)14-5-4-10(13)15-17/h2-3,6,17H,4-5H2,1H3,(H2,13,15)(H,14,16). The summed E-state index contributed by atoms with van der Waals surface area (Å²) < 4.78 is 18.3. The highest BCUT2D eigenvalue weighted by molar-refractivity contribution is 5.94. The minimum Gasteiger partial charge on any atom is -0.497 e. The van der Waals surface area contributed by atoms with Crippen molar-refractivity contribution in [2.24, 2.45) is 10.9 Å². The van der Waals surface area contributed by atoms with Crippen molar-refractivity contribution in [2.45, 2.75) is 6.42 Å². The number of carbonyl (C=O) groups excluding carboxylic acids is 1. The molecule has 18 heavy (non-hydrogen) atoms. The number of benzene rings is 1. The molecule has 0 aliphatic carbocycles. The van der Waals surface area contributed by atoms with Gasteiger partial charge in [-0.2, -0.15) is 0 Å². The van der Waals surface area contributed by atoms with Crippen LogP contribution >= 0.6 is 0 Å². The summed E-state index contributed by atoms with van der Waals surface area (Å²) >= 11 is 0. The summed E-state index contributed by atoms with van der Waals surface area (Å²) in [5.74, 6) is -0.914. The van der Waals surface area contributed by atoms with Crippen molar-refractivity contribution in [3.05, 3.63) is 29.6 Å². The normalized spacial score (nSPS) is 11.1. The lowest BCUT2D eigenvalue weighted by molar-refractivity contribution is 0.0950. The Balaban J connectivity index is 2.62. The number of halogens is 1. The number of hydrogen-bond donors (Lipinski definition) is 3. The van der Waals surface area contributed by atoms with Gasteiger partial charge >= 0.3 is 0 Å². The minimum atomic E-state index is -0.671. The van der Waals surface area contributed by atoms with Gasteiger partial charge in [-0.1, -0.05) is 5.16 Å². The molecule has 4 N–H and O–H groups in total. The molecule has 98 valence electrons. The third kappa shape index (κ3) is 3.62. The summed E-state index contributed by atoms with van der Waals surface area (Å²) in [7, 11) is 1.41. The molecule has 7 heteroatoms. The Kier molecular flexibility index (Phi) is 4.91. The first-order valence-electron chi connectivity index (χ1n) is 5.16. The SMILES string of the molecule is COc1ccc(C(=O)NCC/C(N)=N/O)c(F)c1. The second kappa shape index (κ2) is 6.43. The summed E-state index contributed by atoms with van der Waals surface area (Å²) in [6, 6.07) is 3.94. The number of nitrogens with zero attached hydrogens (tertiary/aromatic N) is 1. The first kappa shape index (κ1) is 13.8. The Morgan fingerprint density at radius 1 is 1.61 bits per heavy atom. The third-order valence-corrected chi connectivity index (χ3v) is 2.22. The summed E-state index contributed by atoms with van der Waals surface area (Å²) in [6.45, 7) is 0.153. The van der Waals surface area contributed by atoms with Crippen molar-refractivity contribution in [3.8, 4) is 5.75 Å². The number of hydrogen-bond acceptors (Lipinski definition) is 4. The van der Waals surface area contributed by atoms with Gasteiger partial charge in [0.25, 0.3) is 5.91 Å². The van der Waals surface area contributed by atoms with Crippen LogP contribution in [0.5, 0.6) is 5.75 Å². The molecule has 1 rings (SSSR count). The lowest BCUT2D eigenvalue weighted by Gasteiger charge is -2.06. The van der Waals surface area contributed by atoms with E-state index in [0.717, 1.165) is 6.07 Å². The highest BCUT2D eigenvalue weighted by Crippen LogP contribution is 2.15. The largest absolute Gasteiger partial charge is 0.497 e. The Morgan fingerprint density at radius 3 is 2.89 bits per heavy atom. The van der Waals surface area contributed by atoms with Gasteiger partial charge in [-0.3, -0.25) is 4.79 Å². The van der Waals surface area contributed by atoms with E-state index in [1.54, 1.807) is 0 Å². The number of methoxy groups -OCH3 is 1. The first-order chi connectivity index (χ1) is 8.58. The van der Waals surface area contributed by atoms with Gasteiger partial charge in [-0.15, -0.1) is 0 Å². The molecule has 0 saturated heterocycles. The zero-order chi connectivity index (χ0) is 13.5. The van der Waals surface area contributed by atoms with Crippen LogP contribution in [0.25, 0.3) is 0 Å². The van der Waals surface area contributed by atoms with E-state index in [0.29, 0.717) is 5.75 Å². The van der Waals surface area contributed by atoms with E-state index >= 15 is 0 Å². The number of nitrogens with one attached hydrogen (secondary N) is 1. The van der Waals surface area contributed by atoms with E-state index in [1.165, 1.54) is 19.2 Å². The van der Waals surface area contributed by atoms with Gasteiger partial charge < -0.3 is 21.0 Å². The second-order valence-corrected chi connectivity index (χ2v) is 3.44. The second-order valence-electron chi connectivity index (χ2n) is 3.44. The quantitative estimate of drug-likeness (QED) is 0.312. The Labute approximate surface area is 103 Å². The lowest BCUT2D eigenvalue weighted by Crippen LogP contribution is -2.28. The van der Waals surface area contributed by atoms with Crippen LogP contribution in [-0.4, -0.2) is 30.6 Å². The molecular formula is C11H14FN3O3. The van der Waals surface area contributed by atoms with E-state index in [9.17, 15) is 9.18 Å². The predicted molar refractivity (Wildman–Crippen MR) is 63.3 cm³/mol. The van der Waals surface area contributed by atoms with Gasteiger partial charge in [0.1, 0.15) is 17.4 Å². The molecule has 0 aliphatic rings. The van der Waals surface area contributed by atoms with Crippen LogP contribution in [0, 0.1) is 5.82 Å². The monoisotopic (exact) mass is 255 g/mol. The fourth-order valence-corrected chi connectivity index (χ4v) is 1.26. The van der Waals surface area contributed by atoms with Crippen molar-refractivity contribution in [3.63, 3.8) is 0 Å². The Hall–Kier alpha value is -2.31. The van der Waals surface area contributed by atoms with Gasteiger partial charge in [0.2, 0.25) is 0 Å². The van der Waals surface area contributed by atoms with Gasteiger partial charge in [0.05, 0.1) is 12.7 Å². The molecule has 1 aromatic rings. The summed E-state index contributed by atoms with van der Waals surface area (Å²) in [4.78, 5) is 11.6. The van der Waals surface area contributed by atoms with Crippen LogP contribution in [0.1, 0.15) is 16.8 Å². The van der Waals surface area contributed by atoms with Crippen molar-refractivity contribution >= 4 is 11.7 Å². The topological polar surface area (TPSA) is 96.9 Å². The van der Waals surface area contributed by atoms with Crippen molar-refractivity contribution < 1.29 is 19.1 Å². The maximum absolute atomic E-state index is 13.5. The van der Waals surface area contributed by atoms with E-state index in [-0.39, 0.29) is 24.4 Å². The molecule has 0 spiro atoms. The van der Waals surface area contributed by atoms with E-state index in [1.807, 2.05) is 0 Å². The van der Waals surface area contributed by atoms with E-state index in [2.05, 4.69) is 10.5 Å². The fraction of sp³-hybridized carbons (Fsp3) is 0.273. The maximum Gasteiger partial charge on any atom is 0.254 e. The van der Waals surface area contributed by atoms with Gasteiger partial charge in [0, 0.05) is 19.0 Å². The number of amidine groups is 1. The molecule has 1 amide bonds. The number of nitrogens with two attached hydrogens (primary N) is 1. The zero-order valence-corrected chi connectivity index (χ0v) is 9.81. The molecule has 1 aromatic carbocycles. The smallest absolute Gasteiger partial charge is 0.254 e. The number of carbonyl (C=O) groups is 1. The number of amides is 1. The molecule has 0 radical (unpaired) electrons. The molecule has 0 heterocycles. The molecule has 0 aromatic heterocycles. The lowest BCUT2D eigenvalue weighted by atomic mass is 10.2. The van der Waals surface area contributed by atoms with Gasteiger partial charge in [-0.25, -0.2) is 4.39 Å². The van der Waals surface area contributed by atoms with Gasteiger partial charge in [-0.05, 0) is 12.1 Å². The first-order valence-corrected chi connectivity index (χ1v) is 5.16. The molecule has 0 bridgehead atoms. The molecule has 6 nitrogen and oxygen atoms in total. The number of rotatable bonds is 5. The van der Waals surface area contributed by atoms with Crippen LogP contribution in [0.15, 0.2) is 23.4 Å². The Morgan fingerprint density at radius 2 is 2.33 bits per heavy atom. The molecule has 0 fully saturated rings. The minimum absolute atomic E-state index is 0.00879. The van der Waals surface area contributed by atoms with Crippen molar-refractivity contribution in [1.29, 1.82) is 0 Å². The van der Waals surface area contributed by atoms with Crippen molar-refractivity contribution in [2.75, 3.05) is 13.7 Å². The highest BCUT2D eigenvalue weighted by atomic mass is 19.1. The molecule has 0 saturated carbocycles. The summed E-state index contributed by atoms with van der Waals surface area (Å²) in [5, 5.41) is 13.5. The predicted octanol–water partition coefficient (Wildman–Crippen LogP) is 0.701. The number of oxime groups is 1. The van der Waals surface area contributed by atoms with E-state index < -0.39 is 11.7 Å². The van der Waals surface area contributed by atoms with Crippen LogP contribution in [0.3, 0.4) is 0 Å². The third-order valence-electron chi connectivity index (χ3n) is 2.22. The molecule has 0 aliphatic heterocycles. The summed E-state index contributed by atoms with van der Waals surface area (Å²) in [5.41, 5.74) is 5.14. The highest BCUT2D eigenvalue weighted by Gasteiger charge is 2.12. The van der Waals surface area contributed by atoms with Gasteiger partial charge in [0.15, 0.2) is 0 Å². The molecule has 0 atom stereocenters. The van der Waals surface area contributed by atoms with Crippen LogP contribution in [0.4, 0.5) is 4.39 Å².